The van der Waals surface area contributed by atoms with Gasteiger partial charge in [0, 0.05) is 35.6 Å². The lowest BCUT2D eigenvalue weighted by molar-refractivity contribution is -0.135. The molecule has 0 bridgehead atoms. The van der Waals surface area contributed by atoms with E-state index in [2.05, 4.69) is 20.7 Å². The van der Waals surface area contributed by atoms with Crippen LogP contribution in [0.15, 0.2) is 24.3 Å². The molecule has 1 aromatic heterocycles. The van der Waals surface area contributed by atoms with E-state index in [0.29, 0.717) is 30.4 Å². The molecule has 29 heavy (non-hydrogen) atoms. The van der Waals surface area contributed by atoms with E-state index >= 15 is 0 Å². The molecule has 2 aromatic rings. The molecule has 0 spiro atoms. The Bertz CT molecular complexity index is 843. The summed E-state index contributed by atoms with van der Waals surface area (Å²) in [5, 5.41) is 16.3. The third-order valence-corrected chi connectivity index (χ3v) is 5.40. The number of carbonyl (C=O) groups is 2. The molecule has 9 heteroatoms. The van der Waals surface area contributed by atoms with Crippen LogP contribution >= 0.6 is 11.6 Å². The highest BCUT2D eigenvalue weighted by Crippen LogP contribution is 2.19. The van der Waals surface area contributed by atoms with Gasteiger partial charge in [-0.1, -0.05) is 32.4 Å². The molecule has 8 nitrogen and oxygen atoms in total. The van der Waals surface area contributed by atoms with Crippen LogP contribution in [0.5, 0.6) is 0 Å². The van der Waals surface area contributed by atoms with Crippen molar-refractivity contribution in [1.82, 2.24) is 30.4 Å². The zero-order chi connectivity index (χ0) is 21.0. The Hall–Kier alpha value is -2.48. The van der Waals surface area contributed by atoms with E-state index in [-0.39, 0.29) is 23.8 Å². The molecule has 2 heterocycles. The number of aromatic nitrogens is 4. The minimum atomic E-state index is -0.529. The largest absolute Gasteiger partial charge is 0.351 e. The number of piperidine rings is 1. The Morgan fingerprint density at radius 1 is 1.21 bits per heavy atom. The van der Waals surface area contributed by atoms with Gasteiger partial charge in [0.1, 0.15) is 0 Å². The van der Waals surface area contributed by atoms with Gasteiger partial charge in [-0.3, -0.25) is 9.59 Å². The van der Waals surface area contributed by atoms with Gasteiger partial charge in [0.2, 0.25) is 17.6 Å². The van der Waals surface area contributed by atoms with E-state index in [1.165, 1.54) is 4.80 Å². The fourth-order valence-corrected chi connectivity index (χ4v) is 3.56. The highest BCUT2D eigenvalue weighted by Gasteiger charge is 2.28. The number of hydrogen-bond donors (Lipinski definition) is 1. The Morgan fingerprint density at radius 2 is 1.86 bits per heavy atom. The summed E-state index contributed by atoms with van der Waals surface area (Å²) < 4.78 is 0. The van der Waals surface area contributed by atoms with Gasteiger partial charge in [-0.25, -0.2) is 0 Å². The SMILES string of the molecule is CCC(C(=O)NC1CCN(C(=O)C(C)C)CC1)n1nnc(-c2ccc(Cl)cc2)n1. The quantitative estimate of drug-likeness (QED) is 0.778. The lowest BCUT2D eigenvalue weighted by Crippen LogP contribution is -2.49. The van der Waals surface area contributed by atoms with E-state index in [1.807, 2.05) is 37.8 Å². The van der Waals surface area contributed by atoms with Crippen molar-refractivity contribution in [3.05, 3.63) is 29.3 Å². The summed E-state index contributed by atoms with van der Waals surface area (Å²) in [7, 11) is 0. The highest BCUT2D eigenvalue weighted by molar-refractivity contribution is 6.30. The van der Waals surface area contributed by atoms with Crippen LogP contribution in [0.25, 0.3) is 11.4 Å². The summed E-state index contributed by atoms with van der Waals surface area (Å²) >= 11 is 5.92. The van der Waals surface area contributed by atoms with Crippen LogP contribution in [-0.2, 0) is 9.59 Å². The molecule has 1 aliphatic heterocycles. The second-order valence-electron chi connectivity index (χ2n) is 7.63. The molecule has 1 N–H and O–H groups in total. The number of halogens is 1. The zero-order valence-electron chi connectivity index (χ0n) is 17.0. The molecular formula is C20H27ClN6O2. The topological polar surface area (TPSA) is 93.0 Å². The van der Waals surface area contributed by atoms with Crippen molar-refractivity contribution < 1.29 is 9.59 Å². The number of rotatable bonds is 6. The van der Waals surface area contributed by atoms with Gasteiger partial charge in [0.15, 0.2) is 6.04 Å². The summed E-state index contributed by atoms with van der Waals surface area (Å²) in [6.45, 7) is 7.07. The lowest BCUT2D eigenvalue weighted by atomic mass is 10.0. The number of benzene rings is 1. The molecule has 1 saturated heterocycles. The van der Waals surface area contributed by atoms with Gasteiger partial charge in [0.25, 0.3) is 0 Å². The Balaban J connectivity index is 1.60. The first kappa shape index (κ1) is 21.2. The molecular weight excluding hydrogens is 392 g/mol. The molecule has 1 aromatic carbocycles. The molecule has 1 aliphatic rings. The van der Waals surface area contributed by atoms with E-state index in [1.54, 1.807) is 12.1 Å². The summed E-state index contributed by atoms with van der Waals surface area (Å²) in [6, 6.07) is 6.68. The van der Waals surface area contributed by atoms with Crippen LogP contribution in [0.3, 0.4) is 0 Å². The molecule has 0 saturated carbocycles. The third kappa shape index (κ3) is 5.12. The minimum absolute atomic E-state index is 0.00108. The normalized spacial score (nSPS) is 16.1. The van der Waals surface area contributed by atoms with E-state index in [4.69, 9.17) is 11.6 Å². The van der Waals surface area contributed by atoms with Crippen molar-refractivity contribution in [2.75, 3.05) is 13.1 Å². The van der Waals surface area contributed by atoms with Crippen molar-refractivity contribution >= 4 is 23.4 Å². The number of nitrogens with one attached hydrogen (secondary N) is 1. The molecule has 1 fully saturated rings. The van der Waals surface area contributed by atoms with Crippen LogP contribution in [0.4, 0.5) is 0 Å². The van der Waals surface area contributed by atoms with Crippen LogP contribution in [-0.4, -0.2) is 56.1 Å². The molecule has 1 atom stereocenters. The Morgan fingerprint density at radius 3 is 2.45 bits per heavy atom. The van der Waals surface area contributed by atoms with Crippen LogP contribution < -0.4 is 5.32 Å². The monoisotopic (exact) mass is 418 g/mol. The molecule has 0 radical (unpaired) electrons. The molecule has 1 unspecified atom stereocenters. The van der Waals surface area contributed by atoms with Crippen molar-refractivity contribution in [1.29, 1.82) is 0 Å². The van der Waals surface area contributed by atoms with E-state index < -0.39 is 6.04 Å². The minimum Gasteiger partial charge on any atom is -0.351 e. The van der Waals surface area contributed by atoms with E-state index in [9.17, 15) is 9.59 Å². The molecule has 2 amide bonds. The summed E-state index contributed by atoms with van der Waals surface area (Å²) in [6.07, 6.45) is 2.05. The third-order valence-electron chi connectivity index (χ3n) is 5.15. The first-order valence-corrected chi connectivity index (χ1v) is 10.4. The maximum atomic E-state index is 12.8. The maximum Gasteiger partial charge on any atom is 0.247 e. The number of amides is 2. The average Bonchev–Trinajstić information content (AvgIpc) is 3.18. The smallest absolute Gasteiger partial charge is 0.247 e. The van der Waals surface area contributed by atoms with Crippen LogP contribution in [0.1, 0.15) is 46.1 Å². The number of nitrogens with zero attached hydrogens (tertiary/aromatic N) is 5. The molecule has 156 valence electrons. The highest BCUT2D eigenvalue weighted by atomic mass is 35.5. The van der Waals surface area contributed by atoms with Crippen molar-refractivity contribution in [3.8, 4) is 11.4 Å². The van der Waals surface area contributed by atoms with Gasteiger partial charge >= 0.3 is 0 Å². The summed E-state index contributed by atoms with van der Waals surface area (Å²) in [5.41, 5.74) is 0.790. The van der Waals surface area contributed by atoms with Gasteiger partial charge < -0.3 is 10.2 Å². The number of likely N-dealkylation sites (tertiary alicyclic amines) is 1. The Labute approximate surface area is 175 Å². The van der Waals surface area contributed by atoms with Crippen molar-refractivity contribution in [3.63, 3.8) is 0 Å². The van der Waals surface area contributed by atoms with Crippen LogP contribution in [0, 0.1) is 5.92 Å². The predicted octanol–water partition coefficient (Wildman–Crippen LogP) is 2.71. The fraction of sp³-hybridized carbons (Fsp3) is 0.550. The number of hydrogen-bond acceptors (Lipinski definition) is 5. The molecule has 3 rings (SSSR count). The zero-order valence-corrected chi connectivity index (χ0v) is 17.8. The van der Waals surface area contributed by atoms with Gasteiger partial charge in [0.05, 0.1) is 0 Å². The average molecular weight is 419 g/mol. The van der Waals surface area contributed by atoms with Gasteiger partial charge in [-0.05, 0) is 48.7 Å². The summed E-state index contributed by atoms with van der Waals surface area (Å²) in [4.78, 5) is 28.2. The van der Waals surface area contributed by atoms with Crippen LogP contribution in [0.2, 0.25) is 5.02 Å². The van der Waals surface area contributed by atoms with Gasteiger partial charge in [-0.2, -0.15) is 4.80 Å². The first-order valence-electron chi connectivity index (χ1n) is 10.0. The summed E-state index contributed by atoms with van der Waals surface area (Å²) in [5.74, 6) is 0.496. The molecule has 0 aliphatic carbocycles. The van der Waals surface area contributed by atoms with Crippen molar-refractivity contribution in [2.45, 2.75) is 52.1 Å². The fourth-order valence-electron chi connectivity index (χ4n) is 3.43. The number of tetrazole rings is 1. The second kappa shape index (κ2) is 9.35. The first-order chi connectivity index (χ1) is 13.9. The number of carbonyl (C=O) groups excluding carboxylic acids is 2. The maximum absolute atomic E-state index is 12.8. The second-order valence-corrected chi connectivity index (χ2v) is 8.06. The standard InChI is InChI=1S/C20H27ClN6O2/c1-4-17(27-24-18(23-25-27)14-5-7-15(21)8-6-14)19(28)22-16-9-11-26(12-10-16)20(29)13(2)3/h5-8,13,16-17H,4,9-12H2,1-3H3,(H,22,28). The van der Waals surface area contributed by atoms with E-state index in [0.717, 1.165) is 18.4 Å². The van der Waals surface area contributed by atoms with Gasteiger partial charge in [-0.15, -0.1) is 10.2 Å². The predicted molar refractivity (Wildman–Crippen MR) is 110 cm³/mol. The Kier molecular flexibility index (Phi) is 6.84. The van der Waals surface area contributed by atoms with Crippen molar-refractivity contribution in [2.24, 2.45) is 5.92 Å². The lowest BCUT2D eigenvalue weighted by Gasteiger charge is -2.33.